The first kappa shape index (κ1) is 13.5. The highest BCUT2D eigenvalue weighted by Gasteiger charge is 2.05. The van der Waals surface area contributed by atoms with Crippen LogP contribution in [-0.2, 0) is 6.54 Å². The largest absolute Gasteiger partial charge is 0.368 e. The third-order valence-corrected chi connectivity index (χ3v) is 2.87. The fourth-order valence-electron chi connectivity index (χ4n) is 1.49. The van der Waals surface area contributed by atoms with Crippen LogP contribution >= 0.6 is 15.9 Å². The van der Waals surface area contributed by atoms with Gasteiger partial charge in [-0.1, -0.05) is 28.1 Å². The molecule has 0 fully saturated rings. The Bertz CT molecular complexity index is 572. The average molecular weight is 323 g/mol. The summed E-state index contributed by atoms with van der Waals surface area (Å²) in [4.78, 5) is 14.1. The summed E-state index contributed by atoms with van der Waals surface area (Å²) in [5.74, 6) is 1.20. The lowest BCUT2D eigenvalue weighted by molar-refractivity contribution is 0.950. The summed E-state index contributed by atoms with van der Waals surface area (Å²) < 4.78 is 1.04. The molecule has 1 aromatic carbocycles. The first-order valence-electron chi connectivity index (χ1n) is 5.72. The molecule has 0 aliphatic heterocycles. The minimum absolute atomic E-state index is 0.204. The van der Waals surface area contributed by atoms with Crippen molar-refractivity contribution in [1.29, 1.82) is 0 Å². The molecule has 0 saturated heterocycles. The summed E-state index contributed by atoms with van der Waals surface area (Å²) in [6.07, 6.45) is 0. The molecule has 1 aromatic heterocycles. The van der Waals surface area contributed by atoms with Gasteiger partial charge < -0.3 is 16.0 Å². The number of nitrogens with two attached hydrogens (primary N) is 1. The Kier molecular flexibility index (Phi) is 4.16. The molecule has 0 aliphatic carbocycles. The molecule has 0 radical (unpaired) electrons. The summed E-state index contributed by atoms with van der Waals surface area (Å²) in [5.41, 5.74) is 6.78. The van der Waals surface area contributed by atoms with E-state index < -0.39 is 0 Å². The van der Waals surface area contributed by atoms with Gasteiger partial charge in [0.2, 0.25) is 17.8 Å². The second-order valence-electron chi connectivity index (χ2n) is 4.20. The minimum atomic E-state index is 0.204. The van der Waals surface area contributed by atoms with Gasteiger partial charge in [-0.15, -0.1) is 0 Å². The normalized spacial score (nSPS) is 10.3. The van der Waals surface area contributed by atoms with Crippen LogP contribution in [0.25, 0.3) is 0 Å². The molecular weight excluding hydrogens is 308 g/mol. The predicted molar refractivity (Wildman–Crippen MR) is 80.0 cm³/mol. The zero-order valence-corrected chi connectivity index (χ0v) is 12.3. The van der Waals surface area contributed by atoms with E-state index in [1.807, 2.05) is 38.4 Å². The van der Waals surface area contributed by atoms with E-state index in [2.05, 4.69) is 36.2 Å². The number of halogens is 1. The van der Waals surface area contributed by atoms with Crippen LogP contribution < -0.4 is 16.0 Å². The number of anilines is 3. The number of nitrogens with one attached hydrogen (secondary N) is 1. The van der Waals surface area contributed by atoms with Gasteiger partial charge in [0, 0.05) is 25.1 Å². The van der Waals surface area contributed by atoms with Gasteiger partial charge in [0.25, 0.3) is 0 Å². The molecular formula is C12H15BrN6. The highest BCUT2D eigenvalue weighted by atomic mass is 79.9. The molecule has 0 amide bonds. The Morgan fingerprint density at radius 3 is 2.74 bits per heavy atom. The van der Waals surface area contributed by atoms with Crippen molar-refractivity contribution in [2.75, 3.05) is 30.0 Å². The van der Waals surface area contributed by atoms with Gasteiger partial charge in [0.05, 0.1) is 0 Å². The highest BCUT2D eigenvalue weighted by molar-refractivity contribution is 9.10. The number of hydrogen-bond acceptors (Lipinski definition) is 6. The van der Waals surface area contributed by atoms with Crippen LogP contribution in [0.15, 0.2) is 28.7 Å². The first-order chi connectivity index (χ1) is 9.04. The third-order valence-electron chi connectivity index (χ3n) is 2.38. The molecule has 100 valence electrons. The van der Waals surface area contributed by atoms with E-state index in [0.717, 1.165) is 10.0 Å². The van der Waals surface area contributed by atoms with E-state index in [9.17, 15) is 0 Å². The number of benzene rings is 1. The van der Waals surface area contributed by atoms with Crippen molar-refractivity contribution in [1.82, 2.24) is 15.0 Å². The molecule has 0 aliphatic rings. The average Bonchev–Trinajstić information content (AvgIpc) is 2.36. The van der Waals surface area contributed by atoms with Gasteiger partial charge in [-0.2, -0.15) is 15.0 Å². The molecule has 19 heavy (non-hydrogen) atoms. The number of hydrogen-bond donors (Lipinski definition) is 2. The van der Waals surface area contributed by atoms with Gasteiger partial charge in [-0.25, -0.2) is 0 Å². The monoisotopic (exact) mass is 322 g/mol. The van der Waals surface area contributed by atoms with Crippen molar-refractivity contribution in [3.05, 3.63) is 34.3 Å². The van der Waals surface area contributed by atoms with E-state index in [1.54, 1.807) is 4.90 Å². The van der Waals surface area contributed by atoms with Crippen molar-refractivity contribution >= 4 is 33.8 Å². The Morgan fingerprint density at radius 1 is 1.26 bits per heavy atom. The fraction of sp³-hybridized carbons (Fsp3) is 0.250. The summed E-state index contributed by atoms with van der Waals surface area (Å²) in [6.45, 7) is 0.621. The molecule has 6 nitrogen and oxygen atoms in total. The van der Waals surface area contributed by atoms with Crippen molar-refractivity contribution < 1.29 is 0 Å². The van der Waals surface area contributed by atoms with E-state index in [1.165, 1.54) is 0 Å². The first-order valence-corrected chi connectivity index (χ1v) is 6.51. The number of rotatable bonds is 4. The van der Waals surface area contributed by atoms with E-state index in [-0.39, 0.29) is 5.95 Å². The van der Waals surface area contributed by atoms with E-state index in [4.69, 9.17) is 5.73 Å². The van der Waals surface area contributed by atoms with Crippen LogP contribution in [0.3, 0.4) is 0 Å². The molecule has 0 spiro atoms. The quantitative estimate of drug-likeness (QED) is 0.894. The molecule has 3 N–H and O–H groups in total. The fourth-order valence-corrected chi connectivity index (χ4v) is 1.93. The number of nitrogens with zero attached hydrogens (tertiary/aromatic N) is 4. The van der Waals surface area contributed by atoms with Gasteiger partial charge in [0.1, 0.15) is 0 Å². The molecule has 0 bridgehead atoms. The zero-order chi connectivity index (χ0) is 13.8. The molecule has 1 heterocycles. The number of aromatic nitrogens is 3. The molecule has 0 unspecified atom stereocenters. The Morgan fingerprint density at radius 2 is 2.05 bits per heavy atom. The number of nitrogen functional groups attached to an aromatic ring is 1. The van der Waals surface area contributed by atoms with Gasteiger partial charge in [-0.3, -0.25) is 0 Å². The standard InChI is InChI=1S/C12H15BrN6/c1-19(2)12-17-10(14)16-11(18-12)15-7-8-4-3-5-9(13)6-8/h3-6H,7H2,1-2H3,(H3,14,15,16,17,18). The van der Waals surface area contributed by atoms with E-state index in [0.29, 0.717) is 18.4 Å². The zero-order valence-electron chi connectivity index (χ0n) is 10.8. The SMILES string of the molecule is CN(C)c1nc(N)nc(NCc2cccc(Br)c2)n1. The summed E-state index contributed by atoms with van der Waals surface area (Å²) in [6, 6.07) is 8.02. The van der Waals surface area contributed by atoms with Crippen LogP contribution in [0.1, 0.15) is 5.56 Å². The Balaban J connectivity index is 2.11. The maximum atomic E-state index is 5.65. The summed E-state index contributed by atoms with van der Waals surface area (Å²) >= 11 is 3.43. The molecule has 2 rings (SSSR count). The summed E-state index contributed by atoms with van der Waals surface area (Å²) in [5, 5.41) is 3.13. The second kappa shape index (κ2) is 5.83. The maximum absolute atomic E-state index is 5.65. The lowest BCUT2D eigenvalue weighted by Gasteiger charge is -2.12. The van der Waals surface area contributed by atoms with Crippen LogP contribution in [0.2, 0.25) is 0 Å². The maximum Gasteiger partial charge on any atom is 0.231 e. The molecule has 0 saturated carbocycles. The lowest BCUT2D eigenvalue weighted by Crippen LogP contribution is -2.16. The molecule has 7 heteroatoms. The van der Waals surface area contributed by atoms with Crippen molar-refractivity contribution in [2.24, 2.45) is 0 Å². The van der Waals surface area contributed by atoms with Gasteiger partial charge >= 0.3 is 0 Å². The van der Waals surface area contributed by atoms with Crippen molar-refractivity contribution in [3.8, 4) is 0 Å². The third kappa shape index (κ3) is 3.78. The Hall–Kier alpha value is -1.89. The minimum Gasteiger partial charge on any atom is -0.368 e. The summed E-state index contributed by atoms with van der Waals surface area (Å²) in [7, 11) is 3.71. The topological polar surface area (TPSA) is 80.0 Å². The van der Waals surface area contributed by atoms with Crippen LogP contribution in [0, 0.1) is 0 Å². The Labute approximate surface area is 120 Å². The van der Waals surface area contributed by atoms with Crippen LogP contribution in [-0.4, -0.2) is 29.0 Å². The predicted octanol–water partition coefficient (Wildman–Crippen LogP) is 1.89. The lowest BCUT2D eigenvalue weighted by atomic mass is 10.2. The second-order valence-corrected chi connectivity index (χ2v) is 5.11. The van der Waals surface area contributed by atoms with Gasteiger partial charge in [0.15, 0.2) is 0 Å². The van der Waals surface area contributed by atoms with E-state index >= 15 is 0 Å². The van der Waals surface area contributed by atoms with Crippen LogP contribution in [0.5, 0.6) is 0 Å². The highest BCUT2D eigenvalue weighted by Crippen LogP contribution is 2.14. The van der Waals surface area contributed by atoms with Crippen LogP contribution in [0.4, 0.5) is 17.8 Å². The van der Waals surface area contributed by atoms with Gasteiger partial charge in [-0.05, 0) is 17.7 Å². The molecule has 0 atom stereocenters. The smallest absolute Gasteiger partial charge is 0.231 e. The van der Waals surface area contributed by atoms with Crippen molar-refractivity contribution in [3.63, 3.8) is 0 Å². The van der Waals surface area contributed by atoms with Crippen molar-refractivity contribution in [2.45, 2.75) is 6.54 Å². The molecule has 2 aromatic rings.